The van der Waals surface area contributed by atoms with Gasteiger partial charge in [0.15, 0.2) is 0 Å². The Labute approximate surface area is 195 Å². The SMILES string of the molecule is C=CC(=O)N1CCC(c2cc(-c3ccc(C(=O)Nc4ccccn4)cc3F)n3cnccc23)C1. The van der Waals surface area contributed by atoms with Gasteiger partial charge in [0.1, 0.15) is 11.6 Å². The van der Waals surface area contributed by atoms with Crippen LogP contribution in [-0.4, -0.2) is 44.2 Å². The van der Waals surface area contributed by atoms with Crippen LogP contribution in [0.4, 0.5) is 10.2 Å². The predicted molar refractivity (Wildman–Crippen MR) is 127 cm³/mol. The number of aromatic nitrogens is 3. The summed E-state index contributed by atoms with van der Waals surface area (Å²) in [5.41, 5.74) is 3.15. The molecule has 0 spiro atoms. The molecule has 0 radical (unpaired) electrons. The molecule has 4 heterocycles. The molecule has 1 aliphatic heterocycles. The highest BCUT2D eigenvalue weighted by Gasteiger charge is 2.29. The van der Waals surface area contributed by atoms with Crippen LogP contribution in [0, 0.1) is 5.82 Å². The first-order chi connectivity index (χ1) is 16.5. The second kappa shape index (κ2) is 8.90. The Hall–Kier alpha value is -4.33. The van der Waals surface area contributed by atoms with Crippen LogP contribution in [0.5, 0.6) is 0 Å². The van der Waals surface area contributed by atoms with E-state index in [0.29, 0.717) is 30.2 Å². The lowest BCUT2D eigenvalue weighted by atomic mass is 9.98. The van der Waals surface area contributed by atoms with Gasteiger partial charge in [0.05, 0.1) is 17.5 Å². The van der Waals surface area contributed by atoms with Crippen molar-refractivity contribution in [1.82, 2.24) is 19.3 Å². The predicted octanol–water partition coefficient (Wildman–Crippen LogP) is 4.29. The Morgan fingerprint density at radius 3 is 2.79 bits per heavy atom. The zero-order chi connectivity index (χ0) is 23.7. The maximum absolute atomic E-state index is 15.3. The van der Waals surface area contributed by atoms with E-state index in [1.165, 1.54) is 12.1 Å². The highest BCUT2D eigenvalue weighted by Crippen LogP contribution is 2.36. The number of fused-ring (bicyclic) bond motifs is 1. The average molecular weight is 455 g/mol. The number of benzene rings is 1. The van der Waals surface area contributed by atoms with Crippen molar-refractivity contribution >= 4 is 23.1 Å². The number of rotatable bonds is 5. The number of nitrogens with zero attached hydrogens (tertiary/aromatic N) is 4. The third-order valence-corrected chi connectivity index (χ3v) is 6.14. The molecule has 1 fully saturated rings. The fraction of sp³-hybridized carbons (Fsp3) is 0.154. The van der Waals surface area contributed by atoms with Gasteiger partial charge in [-0.2, -0.15) is 0 Å². The first-order valence-electron chi connectivity index (χ1n) is 10.9. The Bertz CT molecular complexity index is 1400. The number of hydrogen-bond acceptors (Lipinski definition) is 4. The summed E-state index contributed by atoms with van der Waals surface area (Å²) in [5, 5.41) is 2.66. The van der Waals surface area contributed by atoms with Gasteiger partial charge in [0, 0.05) is 42.5 Å². The first kappa shape index (κ1) is 21.5. The van der Waals surface area contributed by atoms with E-state index in [9.17, 15) is 9.59 Å². The molecular weight excluding hydrogens is 433 g/mol. The molecule has 4 aromatic rings. The zero-order valence-electron chi connectivity index (χ0n) is 18.3. The van der Waals surface area contributed by atoms with Gasteiger partial charge in [-0.15, -0.1) is 0 Å². The lowest BCUT2D eigenvalue weighted by Crippen LogP contribution is -2.26. The van der Waals surface area contributed by atoms with Crippen LogP contribution in [0.25, 0.3) is 16.8 Å². The lowest BCUT2D eigenvalue weighted by Gasteiger charge is -2.13. The minimum atomic E-state index is -0.515. The van der Waals surface area contributed by atoms with Crippen molar-refractivity contribution in [2.24, 2.45) is 0 Å². The summed E-state index contributed by atoms with van der Waals surface area (Å²) < 4.78 is 17.1. The fourth-order valence-electron chi connectivity index (χ4n) is 4.45. The van der Waals surface area contributed by atoms with Gasteiger partial charge in [0.2, 0.25) is 5.91 Å². The number of halogens is 1. The summed E-state index contributed by atoms with van der Waals surface area (Å²) in [6.07, 6.45) is 7.06. The van der Waals surface area contributed by atoms with Crippen LogP contribution in [-0.2, 0) is 4.79 Å². The van der Waals surface area contributed by atoms with Gasteiger partial charge in [-0.1, -0.05) is 12.6 Å². The van der Waals surface area contributed by atoms with Crippen molar-refractivity contribution in [2.75, 3.05) is 18.4 Å². The molecule has 1 atom stereocenters. The van der Waals surface area contributed by atoms with Gasteiger partial charge in [-0.25, -0.2) is 14.4 Å². The molecule has 0 aliphatic carbocycles. The highest BCUT2D eigenvalue weighted by atomic mass is 19.1. The van der Waals surface area contributed by atoms with Crippen LogP contribution in [0.15, 0.2) is 79.9 Å². The normalized spacial score (nSPS) is 15.4. The molecule has 7 nitrogen and oxygen atoms in total. The van der Waals surface area contributed by atoms with Crippen molar-refractivity contribution in [3.8, 4) is 11.3 Å². The van der Waals surface area contributed by atoms with E-state index in [4.69, 9.17) is 0 Å². The summed E-state index contributed by atoms with van der Waals surface area (Å²) in [5.74, 6) is -0.520. The Morgan fingerprint density at radius 1 is 1.15 bits per heavy atom. The van der Waals surface area contributed by atoms with Crippen LogP contribution in [0.1, 0.15) is 28.3 Å². The number of carbonyl (C=O) groups excluding carboxylic acids is 2. The molecule has 5 rings (SSSR count). The van der Waals surface area contributed by atoms with E-state index < -0.39 is 11.7 Å². The van der Waals surface area contributed by atoms with Gasteiger partial charge < -0.3 is 10.2 Å². The van der Waals surface area contributed by atoms with E-state index in [-0.39, 0.29) is 17.4 Å². The number of nitrogens with one attached hydrogen (secondary N) is 1. The molecule has 1 saturated heterocycles. The van der Waals surface area contributed by atoms with Crippen LogP contribution in [0.3, 0.4) is 0 Å². The standard InChI is InChI=1S/C26H22FN5O2/c1-2-25(33)31-12-9-18(15-31)20-14-23(32-16-28-11-8-22(20)32)19-7-6-17(13-21(19)27)26(34)30-24-5-3-4-10-29-24/h2-8,10-11,13-14,16,18H,1,9,12,15H2,(H,29,30,34). The number of carbonyl (C=O) groups is 2. The Balaban J connectivity index is 1.47. The molecule has 1 N–H and O–H groups in total. The largest absolute Gasteiger partial charge is 0.339 e. The van der Waals surface area contributed by atoms with Crippen molar-refractivity contribution in [3.63, 3.8) is 0 Å². The second-order valence-electron chi connectivity index (χ2n) is 8.16. The number of likely N-dealkylation sites (tertiary alicyclic amines) is 1. The van der Waals surface area contributed by atoms with Crippen LogP contribution < -0.4 is 5.32 Å². The molecule has 8 heteroatoms. The highest BCUT2D eigenvalue weighted by molar-refractivity contribution is 6.04. The van der Waals surface area contributed by atoms with E-state index in [1.54, 1.807) is 54.0 Å². The molecule has 0 saturated carbocycles. The fourth-order valence-corrected chi connectivity index (χ4v) is 4.45. The Kier molecular flexibility index (Phi) is 5.63. The summed E-state index contributed by atoms with van der Waals surface area (Å²) in [7, 11) is 0. The number of hydrogen-bond donors (Lipinski definition) is 1. The van der Waals surface area contributed by atoms with E-state index in [0.717, 1.165) is 17.5 Å². The number of pyridine rings is 1. The van der Waals surface area contributed by atoms with Crippen LogP contribution >= 0.6 is 0 Å². The third kappa shape index (κ3) is 3.94. The topological polar surface area (TPSA) is 79.6 Å². The average Bonchev–Trinajstić information content (AvgIpc) is 3.49. The minimum Gasteiger partial charge on any atom is -0.339 e. The zero-order valence-corrected chi connectivity index (χ0v) is 18.3. The third-order valence-electron chi connectivity index (χ3n) is 6.14. The van der Waals surface area contributed by atoms with Gasteiger partial charge in [0.25, 0.3) is 5.91 Å². The Morgan fingerprint density at radius 2 is 2.03 bits per heavy atom. The van der Waals surface area contributed by atoms with E-state index in [1.807, 2.05) is 16.5 Å². The summed E-state index contributed by atoms with van der Waals surface area (Å²) in [6, 6.07) is 13.4. The summed E-state index contributed by atoms with van der Waals surface area (Å²) in [4.78, 5) is 34.6. The van der Waals surface area contributed by atoms with Crippen molar-refractivity contribution in [3.05, 3.63) is 96.9 Å². The summed E-state index contributed by atoms with van der Waals surface area (Å²) >= 11 is 0. The monoisotopic (exact) mass is 455 g/mol. The molecule has 1 unspecified atom stereocenters. The maximum atomic E-state index is 15.3. The quantitative estimate of drug-likeness (QED) is 0.456. The van der Waals surface area contributed by atoms with Crippen molar-refractivity contribution < 1.29 is 14.0 Å². The van der Waals surface area contributed by atoms with Gasteiger partial charge >= 0.3 is 0 Å². The molecular formula is C26H22FN5O2. The first-order valence-corrected chi connectivity index (χ1v) is 10.9. The maximum Gasteiger partial charge on any atom is 0.256 e. The molecule has 3 aromatic heterocycles. The molecule has 1 aliphatic rings. The smallest absolute Gasteiger partial charge is 0.256 e. The number of amides is 2. The van der Waals surface area contributed by atoms with Gasteiger partial charge in [-0.3, -0.25) is 14.0 Å². The van der Waals surface area contributed by atoms with Crippen LogP contribution in [0.2, 0.25) is 0 Å². The summed E-state index contributed by atoms with van der Waals surface area (Å²) in [6.45, 7) is 4.81. The van der Waals surface area contributed by atoms with Gasteiger partial charge in [-0.05, 0) is 60.5 Å². The molecule has 34 heavy (non-hydrogen) atoms. The second-order valence-corrected chi connectivity index (χ2v) is 8.16. The minimum absolute atomic E-state index is 0.0847. The molecule has 1 aromatic carbocycles. The van der Waals surface area contributed by atoms with Crippen molar-refractivity contribution in [2.45, 2.75) is 12.3 Å². The lowest BCUT2D eigenvalue weighted by molar-refractivity contribution is -0.125. The molecule has 170 valence electrons. The molecule has 0 bridgehead atoms. The van der Waals surface area contributed by atoms with E-state index in [2.05, 4.69) is 21.9 Å². The van der Waals surface area contributed by atoms with E-state index >= 15 is 4.39 Å². The van der Waals surface area contributed by atoms with Crippen molar-refractivity contribution in [1.29, 1.82) is 0 Å². The number of anilines is 1. The molecule has 2 amide bonds.